The summed E-state index contributed by atoms with van der Waals surface area (Å²) in [5.41, 5.74) is 1.85. The summed E-state index contributed by atoms with van der Waals surface area (Å²) in [6.07, 6.45) is 0. The highest BCUT2D eigenvalue weighted by molar-refractivity contribution is 5.31. The minimum atomic E-state index is -0.174. The molecule has 0 bridgehead atoms. The number of hydrogen-bond acceptors (Lipinski definition) is 3. The van der Waals surface area contributed by atoms with Crippen molar-refractivity contribution < 1.29 is 5.11 Å². The molecule has 0 saturated carbocycles. The summed E-state index contributed by atoms with van der Waals surface area (Å²) in [5, 5.41) is 22.0. The first kappa shape index (κ1) is 13.1. The van der Waals surface area contributed by atoms with Crippen LogP contribution in [0.4, 0.5) is 0 Å². The maximum atomic E-state index is 9.64. The van der Waals surface area contributed by atoms with Crippen molar-refractivity contribution in [3.8, 4) is 11.8 Å². The summed E-state index contributed by atoms with van der Waals surface area (Å²) in [4.78, 5) is 0. The zero-order chi connectivity index (χ0) is 13.5. The summed E-state index contributed by atoms with van der Waals surface area (Å²) in [6.45, 7) is 1.12. The molecule has 96 valence electrons. The molecule has 0 aliphatic rings. The summed E-state index contributed by atoms with van der Waals surface area (Å²) < 4.78 is 0. The standard InChI is InChI=1S/C16H16N2O/c17-10-15(13-6-2-1-3-7-13)12-18-11-14-8-4-5-9-16(14)19/h1-9,15,18-19H,11-12H2. The molecule has 0 aliphatic heterocycles. The Labute approximate surface area is 113 Å². The van der Waals surface area contributed by atoms with Gasteiger partial charge < -0.3 is 10.4 Å². The van der Waals surface area contributed by atoms with E-state index in [1.54, 1.807) is 12.1 Å². The lowest BCUT2D eigenvalue weighted by Crippen LogP contribution is -2.20. The van der Waals surface area contributed by atoms with Crippen LogP contribution in [0.1, 0.15) is 17.0 Å². The van der Waals surface area contributed by atoms with Gasteiger partial charge in [-0.2, -0.15) is 5.26 Å². The van der Waals surface area contributed by atoms with Gasteiger partial charge in [0, 0.05) is 18.7 Å². The Hall–Kier alpha value is -2.31. The summed E-state index contributed by atoms with van der Waals surface area (Å²) in [6, 6.07) is 19.2. The van der Waals surface area contributed by atoms with Crippen LogP contribution in [0.5, 0.6) is 5.75 Å². The first-order valence-corrected chi connectivity index (χ1v) is 6.23. The fourth-order valence-corrected chi connectivity index (χ4v) is 1.93. The second-order valence-electron chi connectivity index (χ2n) is 4.35. The first-order chi connectivity index (χ1) is 9.31. The maximum absolute atomic E-state index is 9.64. The molecular formula is C16H16N2O. The molecule has 2 N–H and O–H groups in total. The van der Waals surface area contributed by atoms with E-state index in [-0.39, 0.29) is 11.7 Å². The van der Waals surface area contributed by atoms with Crippen LogP contribution >= 0.6 is 0 Å². The van der Waals surface area contributed by atoms with E-state index in [1.807, 2.05) is 42.5 Å². The van der Waals surface area contributed by atoms with Crippen LogP contribution in [0, 0.1) is 11.3 Å². The van der Waals surface area contributed by atoms with E-state index in [0.717, 1.165) is 11.1 Å². The summed E-state index contributed by atoms with van der Waals surface area (Å²) in [7, 11) is 0. The lowest BCUT2D eigenvalue weighted by Gasteiger charge is -2.11. The summed E-state index contributed by atoms with van der Waals surface area (Å²) >= 11 is 0. The van der Waals surface area contributed by atoms with E-state index in [1.165, 1.54) is 0 Å². The zero-order valence-corrected chi connectivity index (χ0v) is 10.6. The van der Waals surface area contributed by atoms with Crippen molar-refractivity contribution >= 4 is 0 Å². The zero-order valence-electron chi connectivity index (χ0n) is 10.6. The van der Waals surface area contributed by atoms with Gasteiger partial charge in [-0.1, -0.05) is 48.5 Å². The highest BCUT2D eigenvalue weighted by Crippen LogP contribution is 2.16. The molecule has 0 aliphatic carbocycles. The van der Waals surface area contributed by atoms with E-state index < -0.39 is 0 Å². The number of benzene rings is 2. The molecular weight excluding hydrogens is 236 g/mol. The number of nitriles is 1. The highest BCUT2D eigenvalue weighted by Gasteiger charge is 2.09. The predicted molar refractivity (Wildman–Crippen MR) is 74.6 cm³/mol. The van der Waals surface area contributed by atoms with Gasteiger partial charge in [-0.25, -0.2) is 0 Å². The van der Waals surface area contributed by atoms with Crippen LogP contribution in [-0.4, -0.2) is 11.7 Å². The van der Waals surface area contributed by atoms with Crippen LogP contribution in [0.25, 0.3) is 0 Å². The van der Waals surface area contributed by atoms with Crippen molar-refractivity contribution in [2.75, 3.05) is 6.54 Å². The number of aromatic hydroxyl groups is 1. The molecule has 0 aromatic heterocycles. The van der Waals surface area contributed by atoms with Crippen molar-refractivity contribution in [1.29, 1.82) is 5.26 Å². The van der Waals surface area contributed by atoms with Gasteiger partial charge in [-0.05, 0) is 11.6 Å². The molecule has 0 amide bonds. The van der Waals surface area contributed by atoms with E-state index in [4.69, 9.17) is 0 Å². The Morgan fingerprint density at radius 3 is 2.42 bits per heavy atom. The summed E-state index contributed by atoms with van der Waals surface area (Å²) in [5.74, 6) is 0.107. The van der Waals surface area contributed by atoms with Crippen molar-refractivity contribution in [3.63, 3.8) is 0 Å². The Kier molecular flexibility index (Phi) is 4.54. The average Bonchev–Trinajstić information content (AvgIpc) is 2.46. The Morgan fingerprint density at radius 1 is 1.05 bits per heavy atom. The van der Waals surface area contributed by atoms with Crippen LogP contribution in [0.15, 0.2) is 54.6 Å². The van der Waals surface area contributed by atoms with Gasteiger partial charge in [0.15, 0.2) is 0 Å². The van der Waals surface area contributed by atoms with E-state index in [0.29, 0.717) is 13.1 Å². The highest BCUT2D eigenvalue weighted by atomic mass is 16.3. The number of para-hydroxylation sites is 1. The third kappa shape index (κ3) is 3.57. The van der Waals surface area contributed by atoms with Crippen molar-refractivity contribution in [2.24, 2.45) is 0 Å². The molecule has 3 heteroatoms. The minimum Gasteiger partial charge on any atom is -0.508 e. The number of nitrogens with one attached hydrogen (secondary N) is 1. The number of rotatable bonds is 5. The van der Waals surface area contributed by atoms with Crippen LogP contribution < -0.4 is 5.32 Å². The number of phenolic OH excluding ortho intramolecular Hbond substituents is 1. The molecule has 1 unspecified atom stereocenters. The molecule has 0 fully saturated rings. The van der Waals surface area contributed by atoms with Crippen molar-refractivity contribution in [2.45, 2.75) is 12.5 Å². The number of hydrogen-bond donors (Lipinski definition) is 2. The molecule has 3 nitrogen and oxygen atoms in total. The third-order valence-corrected chi connectivity index (χ3v) is 3.01. The normalized spacial score (nSPS) is 11.7. The Bertz CT molecular complexity index is 560. The first-order valence-electron chi connectivity index (χ1n) is 6.23. The molecule has 2 aromatic rings. The maximum Gasteiger partial charge on any atom is 0.120 e. The van der Waals surface area contributed by atoms with Gasteiger partial charge in [-0.15, -0.1) is 0 Å². The van der Waals surface area contributed by atoms with Gasteiger partial charge in [0.2, 0.25) is 0 Å². The van der Waals surface area contributed by atoms with Gasteiger partial charge in [-0.3, -0.25) is 0 Å². The van der Waals surface area contributed by atoms with E-state index >= 15 is 0 Å². The monoisotopic (exact) mass is 252 g/mol. The van der Waals surface area contributed by atoms with Gasteiger partial charge in [0.1, 0.15) is 5.75 Å². The lowest BCUT2D eigenvalue weighted by atomic mass is 10.0. The van der Waals surface area contributed by atoms with E-state index in [9.17, 15) is 10.4 Å². The van der Waals surface area contributed by atoms with Gasteiger partial charge >= 0.3 is 0 Å². The Balaban J connectivity index is 1.92. The van der Waals surface area contributed by atoms with Gasteiger partial charge in [0.05, 0.1) is 12.0 Å². The molecule has 0 heterocycles. The molecule has 1 atom stereocenters. The smallest absolute Gasteiger partial charge is 0.120 e. The lowest BCUT2D eigenvalue weighted by molar-refractivity contribution is 0.464. The van der Waals surface area contributed by atoms with Crippen molar-refractivity contribution in [3.05, 3.63) is 65.7 Å². The Morgan fingerprint density at radius 2 is 1.74 bits per heavy atom. The quantitative estimate of drug-likeness (QED) is 0.860. The molecule has 0 spiro atoms. The van der Waals surface area contributed by atoms with Crippen LogP contribution in [0.3, 0.4) is 0 Å². The fourth-order valence-electron chi connectivity index (χ4n) is 1.93. The second kappa shape index (κ2) is 6.58. The largest absolute Gasteiger partial charge is 0.508 e. The molecule has 19 heavy (non-hydrogen) atoms. The van der Waals surface area contributed by atoms with Crippen molar-refractivity contribution in [1.82, 2.24) is 5.32 Å². The number of nitrogens with zero attached hydrogens (tertiary/aromatic N) is 1. The SMILES string of the molecule is N#CC(CNCc1ccccc1O)c1ccccc1. The molecule has 0 radical (unpaired) electrons. The topological polar surface area (TPSA) is 56.0 Å². The molecule has 2 aromatic carbocycles. The van der Waals surface area contributed by atoms with Crippen LogP contribution in [-0.2, 0) is 6.54 Å². The number of phenols is 1. The minimum absolute atomic E-state index is 0.174. The third-order valence-electron chi connectivity index (χ3n) is 3.01. The fraction of sp³-hybridized carbons (Fsp3) is 0.188. The predicted octanol–water partition coefficient (Wildman–Crippen LogP) is 2.79. The van der Waals surface area contributed by atoms with Crippen LogP contribution in [0.2, 0.25) is 0 Å². The van der Waals surface area contributed by atoms with Gasteiger partial charge in [0.25, 0.3) is 0 Å². The second-order valence-corrected chi connectivity index (χ2v) is 4.35. The average molecular weight is 252 g/mol. The van der Waals surface area contributed by atoms with E-state index in [2.05, 4.69) is 11.4 Å². The molecule has 0 saturated heterocycles. The molecule has 2 rings (SSSR count).